The number of halogens is 1. The van der Waals surface area contributed by atoms with Gasteiger partial charge in [-0.1, -0.05) is 41.4 Å². The molecule has 0 aliphatic rings. The predicted molar refractivity (Wildman–Crippen MR) is 71.1 cm³/mol. The maximum Gasteiger partial charge on any atom is 0.0589 e. The van der Waals surface area contributed by atoms with Crippen LogP contribution in [0.15, 0.2) is 42.6 Å². The van der Waals surface area contributed by atoms with Crippen LogP contribution in [0, 0.1) is 6.92 Å². The van der Waals surface area contributed by atoms with Gasteiger partial charge in [0.05, 0.1) is 16.8 Å². The third-order valence-corrected chi connectivity index (χ3v) is 2.93. The first kappa shape index (κ1) is 12.1. The Kier molecular flexibility index (Phi) is 3.77. The number of benzene rings is 1. The van der Waals surface area contributed by atoms with Gasteiger partial charge >= 0.3 is 0 Å². The number of aryl methyl sites for hydroxylation is 1. The molecule has 1 aromatic heterocycles. The molecule has 2 rings (SSSR count). The van der Waals surface area contributed by atoms with Crippen LogP contribution >= 0.6 is 11.6 Å². The number of hydrogen-bond acceptors (Lipinski definition) is 2. The van der Waals surface area contributed by atoms with Crippen molar-refractivity contribution in [2.75, 3.05) is 0 Å². The number of rotatable bonds is 3. The Balaban J connectivity index is 2.08. The van der Waals surface area contributed by atoms with Crippen molar-refractivity contribution in [3.63, 3.8) is 0 Å². The maximum atomic E-state index is 6.11. The van der Waals surface area contributed by atoms with Crippen molar-refractivity contribution in [2.24, 2.45) is 5.73 Å². The molecule has 1 atom stereocenters. The standard InChI is InChI=1S/C14H15ClN2/c1-10-2-4-11(5-3-10)8-13(16)14-7-6-12(15)9-17-14/h2-7,9,13H,8,16H2,1H3. The third kappa shape index (κ3) is 3.29. The van der Waals surface area contributed by atoms with E-state index in [0.717, 1.165) is 12.1 Å². The molecule has 0 spiro atoms. The lowest BCUT2D eigenvalue weighted by Crippen LogP contribution is -2.14. The summed E-state index contributed by atoms with van der Waals surface area (Å²) in [5, 5.41) is 0.635. The van der Waals surface area contributed by atoms with Gasteiger partial charge in [-0.2, -0.15) is 0 Å². The highest BCUT2D eigenvalue weighted by molar-refractivity contribution is 6.30. The fraction of sp³-hybridized carbons (Fsp3) is 0.214. The zero-order valence-corrected chi connectivity index (χ0v) is 10.5. The summed E-state index contributed by atoms with van der Waals surface area (Å²) in [5.74, 6) is 0. The molecule has 2 N–H and O–H groups in total. The van der Waals surface area contributed by atoms with Crippen molar-refractivity contribution < 1.29 is 0 Å². The summed E-state index contributed by atoms with van der Waals surface area (Å²) < 4.78 is 0. The topological polar surface area (TPSA) is 38.9 Å². The molecule has 2 aromatic rings. The third-order valence-electron chi connectivity index (χ3n) is 2.71. The van der Waals surface area contributed by atoms with E-state index >= 15 is 0 Å². The maximum absolute atomic E-state index is 6.11. The SMILES string of the molecule is Cc1ccc(CC(N)c2ccc(Cl)cn2)cc1. The molecule has 0 aliphatic carbocycles. The van der Waals surface area contributed by atoms with Gasteiger partial charge in [-0.15, -0.1) is 0 Å². The highest BCUT2D eigenvalue weighted by Gasteiger charge is 2.08. The molecule has 0 aliphatic heterocycles. The Morgan fingerprint density at radius 3 is 2.47 bits per heavy atom. The highest BCUT2D eigenvalue weighted by atomic mass is 35.5. The zero-order chi connectivity index (χ0) is 12.3. The second-order valence-corrected chi connectivity index (χ2v) is 4.63. The molecule has 1 aromatic carbocycles. The molecule has 0 bridgehead atoms. The average Bonchev–Trinajstić information content (AvgIpc) is 2.33. The van der Waals surface area contributed by atoms with E-state index in [-0.39, 0.29) is 6.04 Å². The lowest BCUT2D eigenvalue weighted by Gasteiger charge is -2.11. The fourth-order valence-corrected chi connectivity index (χ4v) is 1.80. The minimum absolute atomic E-state index is 0.0880. The Morgan fingerprint density at radius 1 is 1.18 bits per heavy atom. The largest absolute Gasteiger partial charge is 0.322 e. The molecule has 0 saturated carbocycles. The Morgan fingerprint density at radius 2 is 1.88 bits per heavy atom. The van der Waals surface area contributed by atoms with Crippen LogP contribution in [-0.4, -0.2) is 4.98 Å². The summed E-state index contributed by atoms with van der Waals surface area (Å²) in [6, 6.07) is 12.0. The summed E-state index contributed by atoms with van der Waals surface area (Å²) in [6.07, 6.45) is 2.42. The molecule has 17 heavy (non-hydrogen) atoms. The van der Waals surface area contributed by atoms with Crippen LogP contribution in [0.2, 0.25) is 5.02 Å². The lowest BCUT2D eigenvalue weighted by atomic mass is 10.0. The van der Waals surface area contributed by atoms with E-state index in [9.17, 15) is 0 Å². The molecule has 0 amide bonds. The number of pyridine rings is 1. The minimum atomic E-state index is -0.0880. The Labute approximate surface area is 106 Å². The first-order chi connectivity index (χ1) is 8.15. The molecular weight excluding hydrogens is 232 g/mol. The van der Waals surface area contributed by atoms with Gasteiger partial charge in [-0.3, -0.25) is 4.98 Å². The number of nitrogens with two attached hydrogens (primary N) is 1. The number of nitrogens with zero attached hydrogens (tertiary/aromatic N) is 1. The molecule has 88 valence electrons. The van der Waals surface area contributed by atoms with Gasteiger partial charge < -0.3 is 5.73 Å². The second kappa shape index (κ2) is 5.30. The summed E-state index contributed by atoms with van der Waals surface area (Å²) in [4.78, 5) is 4.23. The molecule has 0 saturated heterocycles. The summed E-state index contributed by atoms with van der Waals surface area (Å²) in [7, 11) is 0. The van der Waals surface area contributed by atoms with Gasteiger partial charge in [0.15, 0.2) is 0 Å². The number of hydrogen-bond donors (Lipinski definition) is 1. The summed E-state index contributed by atoms with van der Waals surface area (Å²) in [5.41, 5.74) is 9.46. The molecule has 0 fully saturated rings. The van der Waals surface area contributed by atoms with E-state index in [1.807, 2.05) is 12.1 Å². The quantitative estimate of drug-likeness (QED) is 0.903. The van der Waals surface area contributed by atoms with Crippen LogP contribution in [0.3, 0.4) is 0 Å². The van der Waals surface area contributed by atoms with Gasteiger partial charge in [-0.05, 0) is 31.0 Å². The monoisotopic (exact) mass is 246 g/mol. The Bertz CT molecular complexity index is 477. The van der Waals surface area contributed by atoms with Crippen LogP contribution in [-0.2, 0) is 6.42 Å². The highest BCUT2D eigenvalue weighted by Crippen LogP contribution is 2.16. The molecule has 3 heteroatoms. The second-order valence-electron chi connectivity index (χ2n) is 4.20. The molecule has 1 unspecified atom stereocenters. The van der Waals surface area contributed by atoms with Crippen LogP contribution in [0.1, 0.15) is 22.9 Å². The smallest absolute Gasteiger partial charge is 0.0589 e. The van der Waals surface area contributed by atoms with E-state index in [1.54, 1.807) is 6.20 Å². The van der Waals surface area contributed by atoms with E-state index in [1.165, 1.54) is 11.1 Å². The van der Waals surface area contributed by atoms with Gasteiger partial charge in [0.1, 0.15) is 0 Å². The average molecular weight is 247 g/mol. The first-order valence-electron chi connectivity index (χ1n) is 5.58. The van der Waals surface area contributed by atoms with Crippen molar-refractivity contribution >= 4 is 11.6 Å². The van der Waals surface area contributed by atoms with E-state index in [2.05, 4.69) is 36.2 Å². The normalized spacial score (nSPS) is 12.4. The van der Waals surface area contributed by atoms with E-state index < -0.39 is 0 Å². The summed E-state index contributed by atoms with van der Waals surface area (Å²) >= 11 is 5.79. The Hall–Kier alpha value is -1.38. The van der Waals surface area contributed by atoms with Gasteiger partial charge in [0.25, 0.3) is 0 Å². The van der Waals surface area contributed by atoms with Crippen molar-refractivity contribution in [3.8, 4) is 0 Å². The van der Waals surface area contributed by atoms with E-state index in [4.69, 9.17) is 17.3 Å². The number of aromatic nitrogens is 1. The first-order valence-corrected chi connectivity index (χ1v) is 5.95. The van der Waals surface area contributed by atoms with Crippen LogP contribution in [0.25, 0.3) is 0 Å². The molecule has 2 nitrogen and oxygen atoms in total. The zero-order valence-electron chi connectivity index (χ0n) is 9.73. The van der Waals surface area contributed by atoms with Crippen molar-refractivity contribution in [2.45, 2.75) is 19.4 Å². The van der Waals surface area contributed by atoms with Gasteiger partial charge in [0, 0.05) is 6.20 Å². The van der Waals surface area contributed by atoms with Crippen LogP contribution in [0.4, 0.5) is 0 Å². The van der Waals surface area contributed by atoms with Crippen molar-refractivity contribution in [1.82, 2.24) is 4.98 Å². The van der Waals surface area contributed by atoms with E-state index in [0.29, 0.717) is 5.02 Å². The van der Waals surface area contributed by atoms with Crippen molar-refractivity contribution in [3.05, 3.63) is 64.4 Å². The minimum Gasteiger partial charge on any atom is -0.322 e. The lowest BCUT2D eigenvalue weighted by molar-refractivity contribution is 0.696. The van der Waals surface area contributed by atoms with Crippen LogP contribution < -0.4 is 5.73 Å². The summed E-state index contributed by atoms with van der Waals surface area (Å²) in [6.45, 7) is 2.07. The fourth-order valence-electron chi connectivity index (χ4n) is 1.69. The van der Waals surface area contributed by atoms with Gasteiger partial charge in [0.2, 0.25) is 0 Å². The molecule has 0 radical (unpaired) electrons. The van der Waals surface area contributed by atoms with Crippen LogP contribution in [0.5, 0.6) is 0 Å². The molecular formula is C14H15ClN2. The predicted octanol–water partition coefficient (Wildman–Crippen LogP) is 3.29. The van der Waals surface area contributed by atoms with Gasteiger partial charge in [-0.25, -0.2) is 0 Å². The molecule has 1 heterocycles. The van der Waals surface area contributed by atoms with Crippen molar-refractivity contribution in [1.29, 1.82) is 0 Å².